The van der Waals surface area contributed by atoms with Crippen molar-refractivity contribution in [1.82, 2.24) is 9.21 Å². The summed E-state index contributed by atoms with van der Waals surface area (Å²) in [6, 6.07) is 15.8. The largest absolute Gasteiger partial charge is 0.282 e. The predicted molar refractivity (Wildman–Crippen MR) is 102 cm³/mol. The van der Waals surface area contributed by atoms with Crippen LogP contribution in [-0.4, -0.2) is 43.8 Å². The van der Waals surface area contributed by atoms with Crippen LogP contribution in [0.5, 0.6) is 0 Å². The van der Waals surface area contributed by atoms with E-state index in [-0.39, 0.29) is 23.0 Å². The van der Waals surface area contributed by atoms with Crippen LogP contribution in [0, 0.1) is 11.3 Å². The van der Waals surface area contributed by atoms with E-state index < -0.39 is 16.1 Å². The van der Waals surface area contributed by atoms with Gasteiger partial charge in [0, 0.05) is 31.2 Å². The zero-order chi connectivity index (χ0) is 18.7. The van der Waals surface area contributed by atoms with Crippen molar-refractivity contribution in [2.24, 2.45) is 0 Å². The Morgan fingerprint density at radius 1 is 1.00 bits per heavy atom. The summed E-state index contributed by atoms with van der Waals surface area (Å²) in [4.78, 5) is 2.00. The maximum absolute atomic E-state index is 12.9. The molecule has 0 spiro atoms. The van der Waals surface area contributed by atoms with Gasteiger partial charge in [-0.1, -0.05) is 53.5 Å². The molecule has 0 N–H and O–H groups in total. The maximum Gasteiger partial charge on any atom is 0.244 e. The molecular weight excluding hydrogens is 393 g/mol. The molecule has 1 saturated heterocycles. The average molecular weight is 410 g/mol. The summed E-state index contributed by atoms with van der Waals surface area (Å²) in [5, 5.41) is 10.0. The molecule has 1 aliphatic heterocycles. The highest BCUT2D eigenvalue weighted by Gasteiger charge is 2.32. The number of rotatable bonds is 4. The fourth-order valence-corrected chi connectivity index (χ4v) is 5.18. The number of piperazine rings is 1. The number of sulfonamides is 1. The summed E-state index contributed by atoms with van der Waals surface area (Å²) in [7, 11) is -3.73. The smallest absolute Gasteiger partial charge is 0.244 e. The van der Waals surface area contributed by atoms with Crippen molar-refractivity contribution in [2.45, 2.75) is 10.9 Å². The average Bonchev–Trinajstić information content (AvgIpc) is 2.65. The molecule has 5 nitrogen and oxygen atoms in total. The van der Waals surface area contributed by atoms with Gasteiger partial charge >= 0.3 is 0 Å². The molecule has 26 heavy (non-hydrogen) atoms. The van der Waals surface area contributed by atoms with E-state index in [1.54, 1.807) is 6.07 Å². The van der Waals surface area contributed by atoms with Crippen LogP contribution in [0.25, 0.3) is 0 Å². The quantitative estimate of drug-likeness (QED) is 0.773. The molecule has 0 bridgehead atoms. The predicted octanol–water partition coefficient (Wildman–Crippen LogP) is 3.56. The molecule has 1 heterocycles. The van der Waals surface area contributed by atoms with E-state index >= 15 is 0 Å². The molecule has 0 radical (unpaired) electrons. The number of hydrogen-bond donors (Lipinski definition) is 0. The molecule has 1 aliphatic rings. The van der Waals surface area contributed by atoms with Crippen molar-refractivity contribution >= 4 is 33.2 Å². The Balaban J connectivity index is 1.76. The van der Waals surface area contributed by atoms with E-state index in [4.69, 9.17) is 23.2 Å². The van der Waals surface area contributed by atoms with Crippen LogP contribution < -0.4 is 0 Å². The van der Waals surface area contributed by atoms with Gasteiger partial charge in [-0.2, -0.15) is 9.57 Å². The van der Waals surface area contributed by atoms with Crippen LogP contribution in [-0.2, 0) is 10.0 Å². The van der Waals surface area contributed by atoms with E-state index in [0.717, 1.165) is 5.56 Å². The molecular formula is C18H17Cl2N3O2S. The summed E-state index contributed by atoms with van der Waals surface area (Å²) >= 11 is 12.0. The lowest BCUT2D eigenvalue weighted by atomic mass is 10.1. The van der Waals surface area contributed by atoms with E-state index in [1.807, 2.05) is 35.2 Å². The van der Waals surface area contributed by atoms with Crippen molar-refractivity contribution in [3.8, 4) is 6.07 Å². The van der Waals surface area contributed by atoms with Crippen molar-refractivity contribution < 1.29 is 8.42 Å². The maximum atomic E-state index is 12.9. The molecule has 0 aromatic heterocycles. The Kier molecular flexibility index (Phi) is 5.86. The van der Waals surface area contributed by atoms with Gasteiger partial charge in [0.25, 0.3) is 0 Å². The molecule has 1 atom stereocenters. The van der Waals surface area contributed by atoms with E-state index in [2.05, 4.69) is 6.07 Å². The van der Waals surface area contributed by atoms with Gasteiger partial charge in [-0.3, -0.25) is 4.90 Å². The van der Waals surface area contributed by atoms with Gasteiger partial charge < -0.3 is 0 Å². The summed E-state index contributed by atoms with van der Waals surface area (Å²) in [5.74, 6) is 0. The second kappa shape index (κ2) is 7.95. The minimum atomic E-state index is -3.73. The summed E-state index contributed by atoms with van der Waals surface area (Å²) < 4.78 is 27.1. The van der Waals surface area contributed by atoms with Crippen LogP contribution in [0.3, 0.4) is 0 Å². The first-order valence-electron chi connectivity index (χ1n) is 8.07. The number of hydrogen-bond acceptors (Lipinski definition) is 4. The Bertz CT molecular complexity index is 921. The second-order valence-electron chi connectivity index (χ2n) is 5.96. The van der Waals surface area contributed by atoms with Crippen LogP contribution in [0.15, 0.2) is 53.4 Å². The summed E-state index contributed by atoms with van der Waals surface area (Å²) in [5.41, 5.74) is 0.907. The molecule has 3 rings (SSSR count). The third kappa shape index (κ3) is 3.88. The monoisotopic (exact) mass is 409 g/mol. The normalized spacial score (nSPS) is 17.6. The second-order valence-corrected chi connectivity index (χ2v) is 8.71. The minimum Gasteiger partial charge on any atom is -0.282 e. The number of nitrogens with zero attached hydrogens (tertiary/aromatic N) is 3. The molecule has 1 unspecified atom stereocenters. The molecule has 0 amide bonds. The standard InChI is InChI=1S/C18H17Cl2N3O2S/c19-15-6-7-16(20)18(12-15)26(24,25)23-10-8-22(9-11-23)17(13-21)14-4-2-1-3-5-14/h1-7,12,17H,8-11H2. The highest BCUT2D eigenvalue weighted by atomic mass is 35.5. The molecule has 2 aromatic rings. The summed E-state index contributed by atoms with van der Waals surface area (Å²) in [6.45, 7) is 1.50. The van der Waals surface area contributed by atoms with Gasteiger partial charge in [0.1, 0.15) is 10.9 Å². The van der Waals surface area contributed by atoms with Crippen molar-refractivity contribution in [1.29, 1.82) is 5.26 Å². The van der Waals surface area contributed by atoms with Gasteiger partial charge in [0.05, 0.1) is 11.1 Å². The Hall–Kier alpha value is -1.62. The highest BCUT2D eigenvalue weighted by Crippen LogP contribution is 2.29. The third-order valence-corrected chi connectivity index (χ3v) is 7.00. The van der Waals surface area contributed by atoms with Crippen LogP contribution in [0.2, 0.25) is 10.0 Å². The van der Waals surface area contributed by atoms with Gasteiger partial charge in [-0.25, -0.2) is 8.42 Å². The van der Waals surface area contributed by atoms with E-state index in [1.165, 1.54) is 16.4 Å². The van der Waals surface area contributed by atoms with Gasteiger partial charge in [0.15, 0.2) is 0 Å². The Morgan fingerprint density at radius 2 is 1.65 bits per heavy atom. The van der Waals surface area contributed by atoms with Crippen molar-refractivity contribution in [3.63, 3.8) is 0 Å². The van der Waals surface area contributed by atoms with Crippen molar-refractivity contribution in [2.75, 3.05) is 26.2 Å². The molecule has 1 fully saturated rings. The minimum absolute atomic E-state index is 0.0139. The van der Waals surface area contributed by atoms with Gasteiger partial charge in [-0.15, -0.1) is 0 Å². The van der Waals surface area contributed by atoms with Crippen LogP contribution in [0.1, 0.15) is 11.6 Å². The SMILES string of the molecule is N#CC(c1ccccc1)N1CCN(S(=O)(=O)c2cc(Cl)ccc2Cl)CC1. The fourth-order valence-electron chi connectivity index (χ4n) is 3.02. The number of nitriles is 1. The topological polar surface area (TPSA) is 64.4 Å². The number of halogens is 2. The zero-order valence-electron chi connectivity index (χ0n) is 13.8. The Morgan fingerprint density at radius 3 is 2.27 bits per heavy atom. The zero-order valence-corrected chi connectivity index (χ0v) is 16.2. The highest BCUT2D eigenvalue weighted by molar-refractivity contribution is 7.89. The fraction of sp³-hybridized carbons (Fsp3) is 0.278. The molecule has 2 aromatic carbocycles. The van der Waals surface area contributed by atoms with Crippen molar-refractivity contribution in [3.05, 3.63) is 64.1 Å². The van der Waals surface area contributed by atoms with E-state index in [9.17, 15) is 13.7 Å². The van der Waals surface area contributed by atoms with Gasteiger partial charge in [-0.05, 0) is 23.8 Å². The van der Waals surface area contributed by atoms with Gasteiger partial charge in [0.2, 0.25) is 10.0 Å². The lowest BCUT2D eigenvalue weighted by molar-refractivity contribution is 0.162. The first-order chi connectivity index (χ1) is 12.4. The first-order valence-corrected chi connectivity index (χ1v) is 10.3. The molecule has 0 aliphatic carbocycles. The first kappa shape index (κ1) is 19.2. The van der Waals surface area contributed by atoms with Crippen LogP contribution >= 0.6 is 23.2 Å². The molecule has 136 valence electrons. The third-order valence-electron chi connectivity index (χ3n) is 4.39. The number of benzene rings is 2. The van der Waals surface area contributed by atoms with E-state index in [0.29, 0.717) is 18.1 Å². The summed E-state index contributed by atoms with van der Waals surface area (Å²) in [6.07, 6.45) is 0. The van der Waals surface area contributed by atoms with Crippen LogP contribution in [0.4, 0.5) is 0 Å². The lowest BCUT2D eigenvalue weighted by Crippen LogP contribution is -2.49. The molecule has 8 heteroatoms. The lowest BCUT2D eigenvalue weighted by Gasteiger charge is -2.36. The Labute approximate surface area is 163 Å². The molecule has 0 saturated carbocycles.